The van der Waals surface area contributed by atoms with Gasteiger partial charge in [-0.1, -0.05) is 0 Å². The van der Waals surface area contributed by atoms with E-state index in [9.17, 15) is 0 Å². The molecule has 0 aliphatic carbocycles. The summed E-state index contributed by atoms with van der Waals surface area (Å²) in [5, 5.41) is 8.72. The quantitative estimate of drug-likeness (QED) is 0.845. The molecule has 0 aliphatic heterocycles. The van der Waals surface area contributed by atoms with Crippen LogP contribution in [0.4, 0.5) is 0 Å². The summed E-state index contributed by atoms with van der Waals surface area (Å²) in [5.41, 5.74) is 0. The van der Waals surface area contributed by atoms with Crippen molar-refractivity contribution >= 4 is 31.9 Å². The van der Waals surface area contributed by atoms with Crippen molar-refractivity contribution < 1.29 is 9.84 Å². The lowest BCUT2D eigenvalue weighted by Crippen LogP contribution is -1.82. The van der Waals surface area contributed by atoms with E-state index >= 15 is 0 Å². The minimum absolute atomic E-state index is 0.180. The minimum Gasteiger partial charge on any atom is -0.506 e. The van der Waals surface area contributed by atoms with Gasteiger partial charge in [0.25, 0.3) is 0 Å². The number of halogens is 2. The normalized spacial score (nSPS) is 9.12. The number of methoxy groups -OCH3 is 1. The maximum atomic E-state index is 8.72. The Morgan fingerprint density at radius 2 is 1.59 bits per heavy atom. The first-order chi connectivity index (χ1) is 8.11. The summed E-state index contributed by atoms with van der Waals surface area (Å²) in [6, 6.07) is 3.43. The van der Waals surface area contributed by atoms with E-state index in [1.807, 2.05) is 6.07 Å². The Labute approximate surface area is 116 Å². The average Bonchev–Trinajstić information content (AvgIpc) is 2.29. The number of hydrogen-bond donors (Lipinski definition) is 1. The van der Waals surface area contributed by atoms with Gasteiger partial charge in [-0.25, -0.2) is 0 Å². The van der Waals surface area contributed by atoms with Crippen LogP contribution < -0.4 is 4.74 Å². The van der Waals surface area contributed by atoms with E-state index in [4.69, 9.17) is 9.84 Å². The molecule has 0 aliphatic rings. The second kappa shape index (κ2) is 7.24. The van der Waals surface area contributed by atoms with E-state index < -0.39 is 0 Å². The molecule has 6 heteroatoms. The first-order valence-electron chi connectivity index (χ1n) is 4.56. The Balaban J connectivity index is 0.000000171. The minimum atomic E-state index is 0.180. The van der Waals surface area contributed by atoms with Gasteiger partial charge in [0.15, 0.2) is 0 Å². The van der Waals surface area contributed by atoms with Gasteiger partial charge in [0.2, 0.25) is 0 Å². The predicted octanol–water partition coefficient (Wildman–Crippen LogP) is 3.40. The molecule has 0 bridgehead atoms. The Morgan fingerprint density at radius 3 is 1.94 bits per heavy atom. The third kappa shape index (κ3) is 5.65. The third-order valence-corrected chi connectivity index (χ3v) is 2.47. The molecule has 0 spiro atoms. The van der Waals surface area contributed by atoms with Crippen LogP contribution in [0.2, 0.25) is 0 Å². The van der Waals surface area contributed by atoms with Crippen LogP contribution in [-0.2, 0) is 0 Å². The first-order valence-corrected chi connectivity index (χ1v) is 6.14. The Kier molecular flexibility index (Phi) is 5.93. The second-order valence-corrected chi connectivity index (χ2v) is 4.74. The molecule has 1 N–H and O–H groups in total. The van der Waals surface area contributed by atoms with Crippen LogP contribution in [-0.4, -0.2) is 22.2 Å². The van der Waals surface area contributed by atoms with Crippen molar-refractivity contribution in [3.05, 3.63) is 45.9 Å². The van der Waals surface area contributed by atoms with E-state index in [0.29, 0.717) is 0 Å². The third-order valence-electron chi connectivity index (χ3n) is 1.61. The standard InChI is InChI=1S/C6H6BrNO.C5H4BrNO/c1-9-6-2-5(7)3-8-4-6;6-4-1-5(8)3-7-2-4/h2-4H,1H3;1-3,8H. The van der Waals surface area contributed by atoms with Gasteiger partial charge in [0.1, 0.15) is 11.5 Å². The lowest BCUT2D eigenvalue weighted by molar-refractivity contribution is 0.412. The average molecular weight is 362 g/mol. The van der Waals surface area contributed by atoms with Gasteiger partial charge in [-0.2, -0.15) is 0 Å². The molecule has 2 heterocycles. The molecule has 2 aromatic heterocycles. The second-order valence-electron chi connectivity index (χ2n) is 2.90. The molecule has 0 amide bonds. The highest BCUT2D eigenvalue weighted by Crippen LogP contribution is 2.14. The number of nitrogens with zero attached hydrogens (tertiary/aromatic N) is 2. The van der Waals surface area contributed by atoms with Crippen molar-refractivity contribution in [3.63, 3.8) is 0 Å². The summed E-state index contributed by atoms with van der Waals surface area (Å²) >= 11 is 6.40. The van der Waals surface area contributed by atoms with Gasteiger partial charge in [0.05, 0.1) is 19.5 Å². The molecular weight excluding hydrogens is 352 g/mol. The Morgan fingerprint density at radius 1 is 1.00 bits per heavy atom. The number of ether oxygens (including phenoxy) is 1. The molecule has 4 nitrogen and oxygen atoms in total. The summed E-state index contributed by atoms with van der Waals surface area (Å²) < 4.78 is 6.62. The van der Waals surface area contributed by atoms with Crippen LogP contribution in [0.1, 0.15) is 0 Å². The summed E-state index contributed by atoms with van der Waals surface area (Å²) in [6.45, 7) is 0. The van der Waals surface area contributed by atoms with E-state index in [2.05, 4.69) is 41.8 Å². The van der Waals surface area contributed by atoms with Crippen LogP contribution in [0.3, 0.4) is 0 Å². The molecular formula is C11H10Br2N2O2. The molecule has 2 rings (SSSR count). The van der Waals surface area contributed by atoms with Gasteiger partial charge >= 0.3 is 0 Å². The molecule has 0 aromatic carbocycles. The number of hydrogen-bond acceptors (Lipinski definition) is 4. The highest BCUT2D eigenvalue weighted by atomic mass is 79.9. The fourth-order valence-corrected chi connectivity index (χ4v) is 1.60. The molecule has 0 saturated heterocycles. The number of rotatable bonds is 1. The molecule has 90 valence electrons. The monoisotopic (exact) mass is 360 g/mol. The molecule has 17 heavy (non-hydrogen) atoms. The first kappa shape index (κ1) is 13.9. The van der Waals surface area contributed by atoms with Gasteiger partial charge in [-0.05, 0) is 44.0 Å². The van der Waals surface area contributed by atoms with Crippen molar-refractivity contribution in [2.75, 3.05) is 7.11 Å². The topological polar surface area (TPSA) is 55.2 Å². The van der Waals surface area contributed by atoms with Crippen LogP contribution in [0.5, 0.6) is 11.5 Å². The van der Waals surface area contributed by atoms with Crippen LogP contribution in [0.25, 0.3) is 0 Å². The highest BCUT2D eigenvalue weighted by Gasteiger charge is 1.89. The molecule has 2 aromatic rings. The highest BCUT2D eigenvalue weighted by molar-refractivity contribution is 9.10. The van der Waals surface area contributed by atoms with E-state index in [1.165, 1.54) is 6.20 Å². The fraction of sp³-hybridized carbons (Fsp3) is 0.0909. The van der Waals surface area contributed by atoms with Crippen LogP contribution in [0.15, 0.2) is 45.9 Å². The van der Waals surface area contributed by atoms with Gasteiger partial charge < -0.3 is 9.84 Å². The maximum Gasteiger partial charge on any atom is 0.138 e. The zero-order valence-electron chi connectivity index (χ0n) is 8.97. The van der Waals surface area contributed by atoms with Crippen molar-refractivity contribution in [1.29, 1.82) is 0 Å². The summed E-state index contributed by atoms with van der Waals surface area (Å²) in [7, 11) is 1.61. The zero-order valence-corrected chi connectivity index (χ0v) is 12.1. The van der Waals surface area contributed by atoms with Crippen molar-refractivity contribution in [3.8, 4) is 11.5 Å². The van der Waals surface area contributed by atoms with E-state index in [1.54, 1.807) is 31.8 Å². The maximum absolute atomic E-state index is 8.72. The number of pyridine rings is 2. The lowest BCUT2D eigenvalue weighted by atomic mass is 10.5. The summed E-state index contributed by atoms with van der Waals surface area (Å²) in [4.78, 5) is 7.57. The molecule has 0 fully saturated rings. The fourth-order valence-electron chi connectivity index (χ4n) is 0.905. The van der Waals surface area contributed by atoms with Gasteiger partial charge in [-0.15, -0.1) is 0 Å². The number of aromatic nitrogens is 2. The smallest absolute Gasteiger partial charge is 0.138 e. The summed E-state index contributed by atoms with van der Waals surface area (Å²) in [6.07, 6.45) is 6.36. The van der Waals surface area contributed by atoms with Crippen LogP contribution >= 0.6 is 31.9 Å². The van der Waals surface area contributed by atoms with Crippen molar-refractivity contribution in [1.82, 2.24) is 9.97 Å². The predicted molar refractivity (Wildman–Crippen MR) is 72.1 cm³/mol. The van der Waals surface area contributed by atoms with E-state index in [0.717, 1.165) is 14.7 Å². The largest absolute Gasteiger partial charge is 0.506 e. The molecule has 0 saturated carbocycles. The van der Waals surface area contributed by atoms with Crippen molar-refractivity contribution in [2.45, 2.75) is 0 Å². The zero-order chi connectivity index (χ0) is 12.7. The van der Waals surface area contributed by atoms with Crippen molar-refractivity contribution in [2.24, 2.45) is 0 Å². The summed E-state index contributed by atoms with van der Waals surface area (Å²) in [5.74, 6) is 0.948. The molecule has 0 radical (unpaired) electrons. The van der Waals surface area contributed by atoms with Gasteiger partial charge in [-0.3, -0.25) is 9.97 Å². The Bertz CT molecular complexity index is 463. The van der Waals surface area contributed by atoms with Gasteiger partial charge in [0, 0.05) is 21.3 Å². The van der Waals surface area contributed by atoms with E-state index in [-0.39, 0.29) is 5.75 Å². The SMILES string of the molecule is COc1cncc(Br)c1.Oc1cncc(Br)c1. The number of aromatic hydroxyl groups is 1. The lowest BCUT2D eigenvalue weighted by Gasteiger charge is -1.96. The Hall–Kier alpha value is -1.14. The molecule has 0 atom stereocenters. The van der Waals surface area contributed by atoms with Crippen LogP contribution in [0, 0.1) is 0 Å². The molecule has 0 unspecified atom stereocenters.